The zero-order valence-corrected chi connectivity index (χ0v) is 24.0. The number of benzene rings is 4. The Kier molecular flexibility index (Phi) is 10.5. The fourth-order valence-electron chi connectivity index (χ4n) is 3.52. The normalized spacial score (nSPS) is 10.7. The minimum absolute atomic E-state index is 0.262. The maximum Gasteiger partial charge on any atom is 0.271 e. The maximum atomic E-state index is 12.6. The summed E-state index contributed by atoms with van der Waals surface area (Å²) >= 11 is 18.1. The van der Waals surface area contributed by atoms with E-state index in [1.54, 1.807) is 48.5 Å². The van der Waals surface area contributed by atoms with Crippen LogP contribution in [0.3, 0.4) is 0 Å². The molecule has 0 aromatic heterocycles. The Morgan fingerprint density at radius 3 is 2.32 bits per heavy atom. The second-order valence-corrected chi connectivity index (χ2v) is 9.72. The molecule has 0 aliphatic carbocycles. The van der Waals surface area contributed by atoms with Gasteiger partial charge in [-0.25, -0.2) is 5.43 Å². The lowest BCUT2D eigenvalue weighted by atomic mass is 10.2. The summed E-state index contributed by atoms with van der Waals surface area (Å²) in [5.74, 6) is 0.401. The summed E-state index contributed by atoms with van der Waals surface area (Å²) in [5, 5.41) is 7.63. The van der Waals surface area contributed by atoms with Gasteiger partial charge in [0.2, 0.25) is 0 Å². The fraction of sp³-hybridized carbons (Fsp3) is 0.100. The van der Waals surface area contributed by atoms with Crippen LogP contribution >= 0.6 is 34.8 Å². The molecular formula is C30H24Cl3N3O5. The number of methoxy groups -OCH3 is 1. The molecule has 0 fully saturated rings. The summed E-state index contributed by atoms with van der Waals surface area (Å²) in [6.07, 6.45) is 1.43. The average Bonchev–Trinajstić information content (AvgIpc) is 2.98. The van der Waals surface area contributed by atoms with Crippen LogP contribution < -0.4 is 25.0 Å². The van der Waals surface area contributed by atoms with Crippen molar-refractivity contribution in [3.05, 3.63) is 117 Å². The number of carbonyl (C=O) groups is 2. The molecule has 0 heterocycles. The third kappa shape index (κ3) is 8.62. The molecule has 0 unspecified atom stereocenters. The molecular weight excluding hydrogens is 589 g/mol. The zero-order valence-electron chi connectivity index (χ0n) is 21.7. The number of nitrogens with one attached hydrogen (secondary N) is 2. The summed E-state index contributed by atoms with van der Waals surface area (Å²) in [4.78, 5) is 24.8. The molecule has 11 heteroatoms. The number of hydrazone groups is 1. The SMILES string of the molecule is COc1cc(C(=O)N/N=C/c2ccc(OCC(=O)Nc3ccc(Cl)c(Cl)c3)c(Cl)c2)ccc1OCc1ccccc1. The predicted molar refractivity (Wildman–Crippen MR) is 161 cm³/mol. The standard InChI is InChI=1S/C30H24Cl3N3O5/c1-39-28-14-21(8-12-27(28)40-17-19-5-3-2-4-6-19)30(38)36-34-16-20-7-11-26(25(33)13-20)41-18-29(37)35-22-9-10-23(31)24(32)15-22/h2-16H,17-18H2,1H3,(H,35,37)(H,36,38)/b34-16+. The Labute approximate surface area is 251 Å². The van der Waals surface area contributed by atoms with Gasteiger partial charge in [0.1, 0.15) is 12.4 Å². The van der Waals surface area contributed by atoms with E-state index in [4.69, 9.17) is 49.0 Å². The van der Waals surface area contributed by atoms with E-state index in [9.17, 15) is 9.59 Å². The highest BCUT2D eigenvalue weighted by atomic mass is 35.5. The van der Waals surface area contributed by atoms with E-state index in [1.807, 2.05) is 30.3 Å². The third-order valence-corrected chi connectivity index (χ3v) is 6.60. The van der Waals surface area contributed by atoms with Crippen molar-refractivity contribution in [2.45, 2.75) is 6.61 Å². The number of anilines is 1. The average molecular weight is 613 g/mol. The second-order valence-electron chi connectivity index (χ2n) is 8.49. The lowest BCUT2D eigenvalue weighted by Gasteiger charge is -2.12. The van der Waals surface area contributed by atoms with E-state index < -0.39 is 11.8 Å². The lowest BCUT2D eigenvalue weighted by Crippen LogP contribution is -2.20. The number of rotatable bonds is 11. The van der Waals surface area contributed by atoms with Gasteiger partial charge in [0.15, 0.2) is 18.1 Å². The number of amides is 2. The summed E-state index contributed by atoms with van der Waals surface area (Å²) in [7, 11) is 1.50. The van der Waals surface area contributed by atoms with Crippen LogP contribution in [0.4, 0.5) is 5.69 Å². The van der Waals surface area contributed by atoms with E-state index in [0.717, 1.165) is 5.56 Å². The molecule has 0 radical (unpaired) electrons. The van der Waals surface area contributed by atoms with Crippen LogP contribution in [0.5, 0.6) is 17.2 Å². The van der Waals surface area contributed by atoms with Crippen molar-refractivity contribution in [2.75, 3.05) is 19.0 Å². The second kappa shape index (κ2) is 14.4. The van der Waals surface area contributed by atoms with Gasteiger partial charge < -0.3 is 19.5 Å². The van der Waals surface area contributed by atoms with Gasteiger partial charge in [-0.05, 0) is 65.7 Å². The van der Waals surface area contributed by atoms with Crippen LogP contribution in [0.25, 0.3) is 0 Å². The van der Waals surface area contributed by atoms with Crippen LogP contribution in [0.1, 0.15) is 21.5 Å². The zero-order chi connectivity index (χ0) is 29.2. The quantitative estimate of drug-likeness (QED) is 0.140. The van der Waals surface area contributed by atoms with Crippen LogP contribution in [0, 0.1) is 0 Å². The summed E-state index contributed by atoms with van der Waals surface area (Å²) < 4.78 is 16.7. The predicted octanol–water partition coefficient (Wildman–Crippen LogP) is 7.02. The van der Waals surface area contributed by atoms with E-state index in [2.05, 4.69) is 15.8 Å². The molecule has 0 bridgehead atoms. The van der Waals surface area contributed by atoms with Crippen molar-refractivity contribution >= 4 is 58.5 Å². The molecule has 41 heavy (non-hydrogen) atoms. The Bertz CT molecular complexity index is 1560. The number of nitrogens with zero attached hydrogens (tertiary/aromatic N) is 1. The molecule has 0 aliphatic rings. The Balaban J connectivity index is 1.28. The Hall–Kier alpha value is -4.24. The highest BCUT2D eigenvalue weighted by molar-refractivity contribution is 6.42. The largest absolute Gasteiger partial charge is 0.493 e. The molecule has 0 saturated carbocycles. The van der Waals surface area contributed by atoms with Crippen LogP contribution in [-0.4, -0.2) is 31.7 Å². The first-order valence-electron chi connectivity index (χ1n) is 12.2. The van der Waals surface area contributed by atoms with E-state index in [1.165, 1.54) is 19.4 Å². The highest BCUT2D eigenvalue weighted by Crippen LogP contribution is 2.29. The number of carbonyl (C=O) groups excluding carboxylic acids is 2. The number of hydrogen-bond acceptors (Lipinski definition) is 6. The van der Waals surface area contributed by atoms with Gasteiger partial charge in [-0.3, -0.25) is 9.59 Å². The van der Waals surface area contributed by atoms with E-state index in [0.29, 0.717) is 50.7 Å². The van der Waals surface area contributed by atoms with Crippen LogP contribution in [-0.2, 0) is 11.4 Å². The molecule has 0 spiro atoms. The van der Waals surface area contributed by atoms with Gasteiger partial charge in [0, 0.05) is 11.3 Å². The number of ether oxygens (including phenoxy) is 3. The monoisotopic (exact) mass is 611 g/mol. The van der Waals surface area contributed by atoms with Crippen molar-refractivity contribution in [1.29, 1.82) is 0 Å². The Morgan fingerprint density at radius 2 is 1.59 bits per heavy atom. The van der Waals surface area contributed by atoms with Crippen molar-refractivity contribution in [3.8, 4) is 17.2 Å². The molecule has 2 N–H and O–H groups in total. The minimum Gasteiger partial charge on any atom is -0.493 e. The summed E-state index contributed by atoms with van der Waals surface area (Å²) in [6, 6.07) is 24.2. The van der Waals surface area contributed by atoms with Gasteiger partial charge in [-0.1, -0.05) is 65.1 Å². The van der Waals surface area contributed by atoms with Gasteiger partial charge in [0.05, 0.1) is 28.4 Å². The van der Waals surface area contributed by atoms with Gasteiger partial charge in [-0.15, -0.1) is 0 Å². The van der Waals surface area contributed by atoms with Gasteiger partial charge in [-0.2, -0.15) is 5.10 Å². The topological polar surface area (TPSA) is 98.3 Å². The number of hydrogen-bond donors (Lipinski definition) is 2. The van der Waals surface area contributed by atoms with Gasteiger partial charge in [0.25, 0.3) is 11.8 Å². The number of halogens is 3. The summed E-state index contributed by atoms with van der Waals surface area (Å²) in [6.45, 7) is 0.0916. The first kappa shape index (κ1) is 29.7. The minimum atomic E-state index is -0.437. The molecule has 2 amide bonds. The molecule has 8 nitrogen and oxygen atoms in total. The first-order chi connectivity index (χ1) is 19.8. The highest BCUT2D eigenvalue weighted by Gasteiger charge is 2.12. The molecule has 0 atom stereocenters. The molecule has 4 aromatic carbocycles. The fourth-order valence-corrected chi connectivity index (χ4v) is 4.06. The van der Waals surface area contributed by atoms with Gasteiger partial charge >= 0.3 is 0 Å². The third-order valence-electron chi connectivity index (χ3n) is 5.56. The lowest BCUT2D eigenvalue weighted by molar-refractivity contribution is -0.118. The Morgan fingerprint density at radius 1 is 0.805 bits per heavy atom. The van der Waals surface area contributed by atoms with Crippen molar-refractivity contribution in [2.24, 2.45) is 5.10 Å². The molecule has 210 valence electrons. The van der Waals surface area contributed by atoms with Crippen LogP contribution in [0.15, 0.2) is 90.0 Å². The van der Waals surface area contributed by atoms with E-state index >= 15 is 0 Å². The summed E-state index contributed by atoms with van der Waals surface area (Å²) in [5.41, 5.74) is 4.91. The van der Waals surface area contributed by atoms with Crippen molar-refractivity contribution in [1.82, 2.24) is 5.43 Å². The molecule has 4 rings (SSSR count). The molecule has 4 aromatic rings. The molecule has 0 saturated heterocycles. The first-order valence-corrected chi connectivity index (χ1v) is 13.3. The van der Waals surface area contributed by atoms with Crippen molar-refractivity contribution in [3.63, 3.8) is 0 Å². The maximum absolute atomic E-state index is 12.6. The van der Waals surface area contributed by atoms with E-state index in [-0.39, 0.29) is 11.6 Å². The molecule has 0 aliphatic heterocycles. The van der Waals surface area contributed by atoms with Crippen molar-refractivity contribution < 1.29 is 23.8 Å². The van der Waals surface area contributed by atoms with Crippen LogP contribution in [0.2, 0.25) is 15.1 Å². The smallest absolute Gasteiger partial charge is 0.271 e.